The van der Waals surface area contributed by atoms with Crippen molar-refractivity contribution in [2.24, 2.45) is 0 Å². The van der Waals surface area contributed by atoms with Crippen LogP contribution in [0.1, 0.15) is 11.5 Å². The van der Waals surface area contributed by atoms with E-state index in [-0.39, 0.29) is 0 Å². The van der Waals surface area contributed by atoms with Crippen LogP contribution < -0.4 is 10.1 Å². The Morgan fingerprint density at radius 2 is 1.61 bits per heavy atom. The molecule has 0 radical (unpaired) electrons. The van der Waals surface area contributed by atoms with Crippen LogP contribution in [0.5, 0.6) is 5.75 Å². The van der Waals surface area contributed by atoms with E-state index in [1.807, 2.05) is 72.8 Å². The normalized spacial score (nSPS) is 10.6. The Kier molecular flexibility index (Phi) is 5.54. The predicted octanol–water partition coefficient (Wildman–Crippen LogP) is 5.58. The molecule has 140 valence electrons. The molecule has 0 unspecified atom stereocenters. The Balaban J connectivity index is 1.32. The van der Waals surface area contributed by atoms with Gasteiger partial charge in [0.15, 0.2) is 0 Å². The molecule has 0 amide bonds. The zero-order valence-electron chi connectivity index (χ0n) is 15.0. The van der Waals surface area contributed by atoms with Gasteiger partial charge in [0.05, 0.1) is 17.1 Å². The summed E-state index contributed by atoms with van der Waals surface area (Å²) < 4.78 is 11.5. The molecule has 0 saturated heterocycles. The van der Waals surface area contributed by atoms with E-state index in [2.05, 4.69) is 15.5 Å². The molecule has 28 heavy (non-hydrogen) atoms. The number of benzene rings is 3. The molecular weight excluding hydrogens is 374 g/mol. The fourth-order valence-electron chi connectivity index (χ4n) is 2.66. The zero-order valence-corrected chi connectivity index (χ0v) is 15.8. The third kappa shape index (κ3) is 4.50. The lowest BCUT2D eigenvalue weighted by atomic mass is 10.2. The molecule has 1 aromatic heterocycles. The van der Waals surface area contributed by atoms with Crippen molar-refractivity contribution >= 4 is 17.3 Å². The number of rotatable bonds is 7. The maximum Gasteiger partial charge on any atom is 0.249 e. The lowest BCUT2D eigenvalue weighted by Gasteiger charge is -2.08. The molecule has 0 bridgehead atoms. The Hall–Kier alpha value is -3.31. The van der Waals surface area contributed by atoms with E-state index in [4.69, 9.17) is 20.8 Å². The molecule has 5 nitrogen and oxygen atoms in total. The second-order valence-corrected chi connectivity index (χ2v) is 6.54. The number of anilines is 1. The fourth-order valence-corrected chi connectivity index (χ4v) is 2.87. The van der Waals surface area contributed by atoms with Crippen molar-refractivity contribution in [1.29, 1.82) is 0 Å². The van der Waals surface area contributed by atoms with Crippen molar-refractivity contribution in [3.05, 3.63) is 95.3 Å². The SMILES string of the molecule is Clc1ccccc1-c1nnc(CNc2ccc(OCc3ccccc3)cc2)o1. The van der Waals surface area contributed by atoms with E-state index in [9.17, 15) is 0 Å². The van der Waals surface area contributed by atoms with Crippen LogP contribution >= 0.6 is 11.6 Å². The first-order valence-corrected chi connectivity index (χ1v) is 9.24. The number of nitrogens with one attached hydrogen (secondary N) is 1. The molecule has 0 fully saturated rings. The first kappa shape index (κ1) is 18.1. The maximum atomic E-state index is 6.17. The Morgan fingerprint density at radius 1 is 0.857 bits per heavy atom. The van der Waals surface area contributed by atoms with E-state index in [0.717, 1.165) is 22.6 Å². The molecule has 4 rings (SSSR count). The second-order valence-electron chi connectivity index (χ2n) is 6.13. The van der Waals surface area contributed by atoms with Crippen LogP contribution in [0.4, 0.5) is 5.69 Å². The molecule has 0 spiro atoms. The minimum absolute atomic E-state index is 0.409. The van der Waals surface area contributed by atoms with Crippen molar-refractivity contribution in [2.45, 2.75) is 13.2 Å². The standard InChI is InChI=1S/C22H18ClN3O2/c23-20-9-5-4-8-19(20)22-26-25-21(28-22)14-24-17-10-12-18(13-11-17)27-15-16-6-2-1-3-7-16/h1-13,24H,14-15H2. The third-order valence-electron chi connectivity index (χ3n) is 4.12. The minimum atomic E-state index is 0.409. The highest BCUT2D eigenvalue weighted by atomic mass is 35.5. The van der Waals surface area contributed by atoms with E-state index in [0.29, 0.717) is 30.0 Å². The average Bonchev–Trinajstić information content (AvgIpc) is 3.21. The number of nitrogens with zero attached hydrogens (tertiary/aromatic N) is 2. The fraction of sp³-hybridized carbons (Fsp3) is 0.0909. The minimum Gasteiger partial charge on any atom is -0.489 e. The molecule has 0 atom stereocenters. The third-order valence-corrected chi connectivity index (χ3v) is 4.45. The number of aromatic nitrogens is 2. The van der Waals surface area contributed by atoms with Gasteiger partial charge in [0.2, 0.25) is 11.8 Å². The molecular formula is C22H18ClN3O2. The summed E-state index contributed by atoms with van der Waals surface area (Å²) in [6, 6.07) is 25.2. The Bertz CT molecular complexity index is 1030. The van der Waals surface area contributed by atoms with Crippen LogP contribution in [0.15, 0.2) is 83.3 Å². The molecule has 3 aromatic carbocycles. The largest absolute Gasteiger partial charge is 0.489 e. The summed E-state index contributed by atoms with van der Waals surface area (Å²) in [5, 5.41) is 12.0. The summed E-state index contributed by atoms with van der Waals surface area (Å²) >= 11 is 6.17. The van der Waals surface area contributed by atoms with Gasteiger partial charge in [0.1, 0.15) is 12.4 Å². The highest BCUT2D eigenvalue weighted by molar-refractivity contribution is 6.33. The number of ether oxygens (including phenoxy) is 1. The first-order valence-electron chi connectivity index (χ1n) is 8.86. The van der Waals surface area contributed by atoms with Crippen molar-refractivity contribution in [3.63, 3.8) is 0 Å². The molecule has 0 aliphatic rings. The van der Waals surface area contributed by atoms with Gasteiger partial charge in [-0.2, -0.15) is 0 Å². The predicted molar refractivity (Wildman–Crippen MR) is 109 cm³/mol. The quantitative estimate of drug-likeness (QED) is 0.445. The van der Waals surface area contributed by atoms with E-state index in [1.165, 1.54) is 0 Å². The van der Waals surface area contributed by atoms with Crippen molar-refractivity contribution in [2.75, 3.05) is 5.32 Å². The van der Waals surface area contributed by atoms with Gasteiger partial charge >= 0.3 is 0 Å². The molecule has 1 N–H and O–H groups in total. The molecule has 0 aliphatic heterocycles. The van der Waals surface area contributed by atoms with Gasteiger partial charge in [-0.15, -0.1) is 10.2 Å². The summed E-state index contributed by atoms with van der Waals surface area (Å²) in [5.74, 6) is 1.71. The van der Waals surface area contributed by atoms with Crippen molar-refractivity contribution in [1.82, 2.24) is 10.2 Å². The monoisotopic (exact) mass is 391 g/mol. The Morgan fingerprint density at radius 3 is 2.39 bits per heavy atom. The van der Waals surface area contributed by atoms with Crippen LogP contribution in [0.3, 0.4) is 0 Å². The number of halogens is 1. The second kappa shape index (κ2) is 8.59. The topological polar surface area (TPSA) is 60.2 Å². The molecule has 0 aliphatic carbocycles. The van der Waals surface area contributed by atoms with Crippen LogP contribution in [0.2, 0.25) is 5.02 Å². The average molecular weight is 392 g/mol. The highest BCUT2D eigenvalue weighted by Crippen LogP contribution is 2.26. The van der Waals surface area contributed by atoms with Crippen molar-refractivity contribution < 1.29 is 9.15 Å². The molecule has 1 heterocycles. The summed E-state index contributed by atoms with van der Waals surface area (Å²) in [7, 11) is 0. The smallest absolute Gasteiger partial charge is 0.249 e. The molecule has 6 heteroatoms. The number of hydrogen-bond acceptors (Lipinski definition) is 5. The van der Waals surface area contributed by atoms with Gasteiger partial charge in [-0.05, 0) is 42.0 Å². The lowest BCUT2D eigenvalue weighted by Crippen LogP contribution is -2.00. The van der Waals surface area contributed by atoms with Crippen LogP contribution in [0, 0.1) is 0 Å². The Labute approximate surface area is 168 Å². The lowest BCUT2D eigenvalue weighted by molar-refractivity contribution is 0.306. The van der Waals surface area contributed by atoms with Gasteiger partial charge in [0.25, 0.3) is 0 Å². The highest BCUT2D eigenvalue weighted by Gasteiger charge is 2.11. The van der Waals surface area contributed by atoms with Gasteiger partial charge in [0, 0.05) is 5.69 Å². The summed E-state index contributed by atoms with van der Waals surface area (Å²) in [6.45, 7) is 0.960. The van der Waals surface area contributed by atoms with Gasteiger partial charge in [-0.25, -0.2) is 0 Å². The van der Waals surface area contributed by atoms with Gasteiger partial charge in [-0.1, -0.05) is 54.1 Å². The van der Waals surface area contributed by atoms with Crippen molar-refractivity contribution in [3.8, 4) is 17.2 Å². The molecule has 0 saturated carbocycles. The number of hydrogen-bond donors (Lipinski definition) is 1. The van der Waals surface area contributed by atoms with E-state index in [1.54, 1.807) is 6.07 Å². The van der Waals surface area contributed by atoms with Crippen LogP contribution in [-0.2, 0) is 13.2 Å². The van der Waals surface area contributed by atoms with E-state index >= 15 is 0 Å². The zero-order chi connectivity index (χ0) is 19.2. The molecule has 4 aromatic rings. The first-order chi connectivity index (χ1) is 13.8. The van der Waals surface area contributed by atoms with E-state index < -0.39 is 0 Å². The summed E-state index contributed by atoms with van der Waals surface area (Å²) in [6.07, 6.45) is 0. The van der Waals surface area contributed by atoms with Gasteiger partial charge < -0.3 is 14.5 Å². The summed E-state index contributed by atoms with van der Waals surface area (Å²) in [5.41, 5.74) is 2.79. The maximum absolute atomic E-state index is 6.17. The van der Waals surface area contributed by atoms with Gasteiger partial charge in [-0.3, -0.25) is 0 Å². The van der Waals surface area contributed by atoms with Crippen LogP contribution in [0.25, 0.3) is 11.5 Å². The summed E-state index contributed by atoms with van der Waals surface area (Å²) in [4.78, 5) is 0. The van der Waals surface area contributed by atoms with Crippen LogP contribution in [-0.4, -0.2) is 10.2 Å².